The van der Waals surface area contributed by atoms with Crippen molar-refractivity contribution in [2.75, 3.05) is 4.90 Å². The molecule has 0 saturated heterocycles. The van der Waals surface area contributed by atoms with E-state index in [1.54, 1.807) is 0 Å². The van der Waals surface area contributed by atoms with Crippen LogP contribution in [0.3, 0.4) is 0 Å². The summed E-state index contributed by atoms with van der Waals surface area (Å²) in [6.45, 7) is 4.77. The number of nitrogens with zero attached hydrogens (tertiary/aromatic N) is 1. The van der Waals surface area contributed by atoms with Gasteiger partial charge in [0.25, 0.3) is 0 Å². The number of anilines is 3. The van der Waals surface area contributed by atoms with Crippen molar-refractivity contribution in [3.8, 4) is 55.6 Å². The van der Waals surface area contributed by atoms with E-state index < -0.39 is 5.41 Å². The van der Waals surface area contributed by atoms with Gasteiger partial charge >= 0.3 is 0 Å². The van der Waals surface area contributed by atoms with Crippen LogP contribution in [0.1, 0.15) is 47.2 Å². The van der Waals surface area contributed by atoms with E-state index in [9.17, 15) is 0 Å². The second-order valence-electron chi connectivity index (χ2n) is 21.1. The van der Waals surface area contributed by atoms with Gasteiger partial charge in [-0.25, -0.2) is 0 Å². The normalized spacial score (nSPS) is 14.0. The third-order valence-corrected chi connectivity index (χ3v) is 17.1. The van der Waals surface area contributed by atoms with Gasteiger partial charge in [0.2, 0.25) is 0 Å². The monoisotopic (exact) mass is 941 g/mol. The number of benzene rings is 12. The van der Waals surface area contributed by atoms with E-state index >= 15 is 0 Å². The topological polar surface area (TPSA) is 16.4 Å². The highest BCUT2D eigenvalue weighted by atomic mass is 16.3. The summed E-state index contributed by atoms with van der Waals surface area (Å²) in [7, 11) is 0. The summed E-state index contributed by atoms with van der Waals surface area (Å²) in [5.74, 6) is 0. The van der Waals surface area contributed by atoms with Gasteiger partial charge in [0.05, 0.1) is 11.1 Å². The van der Waals surface area contributed by atoms with Crippen LogP contribution in [0.4, 0.5) is 17.1 Å². The molecule has 13 aromatic rings. The van der Waals surface area contributed by atoms with Crippen molar-refractivity contribution < 1.29 is 4.42 Å². The number of furan rings is 1. The van der Waals surface area contributed by atoms with E-state index in [4.69, 9.17) is 4.42 Å². The maximum atomic E-state index is 7.05. The third kappa shape index (κ3) is 5.55. The number of rotatable bonds is 5. The molecule has 3 aliphatic carbocycles. The van der Waals surface area contributed by atoms with E-state index in [0.29, 0.717) is 0 Å². The van der Waals surface area contributed by atoms with Gasteiger partial charge in [-0.05, 0) is 142 Å². The largest absolute Gasteiger partial charge is 0.455 e. The van der Waals surface area contributed by atoms with Crippen LogP contribution in [0, 0.1) is 0 Å². The zero-order valence-electron chi connectivity index (χ0n) is 41.0. The number of hydrogen-bond donors (Lipinski definition) is 0. The Hall–Kier alpha value is -9.24. The van der Waals surface area contributed by atoms with Crippen LogP contribution >= 0.6 is 0 Å². The van der Waals surface area contributed by atoms with Crippen LogP contribution in [0.5, 0.6) is 0 Å². The Morgan fingerprint density at radius 1 is 0.311 bits per heavy atom. The molecule has 0 aliphatic heterocycles. The average Bonchev–Trinajstić information content (AvgIpc) is 4.22. The highest BCUT2D eigenvalue weighted by Gasteiger charge is 2.51. The smallest absolute Gasteiger partial charge is 0.143 e. The first-order valence-electron chi connectivity index (χ1n) is 25.9. The minimum absolute atomic E-state index is 0.208. The lowest BCUT2D eigenvalue weighted by molar-refractivity contribution is 0.660. The fourth-order valence-corrected chi connectivity index (χ4v) is 13.7. The van der Waals surface area contributed by atoms with Gasteiger partial charge in [-0.2, -0.15) is 0 Å². The molecule has 0 fully saturated rings. The third-order valence-electron chi connectivity index (χ3n) is 17.1. The molecule has 74 heavy (non-hydrogen) atoms. The van der Waals surface area contributed by atoms with Crippen molar-refractivity contribution in [3.63, 3.8) is 0 Å². The fourth-order valence-electron chi connectivity index (χ4n) is 13.7. The minimum atomic E-state index is -0.506. The molecule has 346 valence electrons. The quantitative estimate of drug-likeness (QED) is 0.171. The summed E-state index contributed by atoms with van der Waals surface area (Å²) in [6.07, 6.45) is 0. The Bertz CT molecular complexity index is 4460. The van der Waals surface area contributed by atoms with E-state index in [1.165, 1.54) is 88.7 Å². The molecule has 2 heteroatoms. The predicted octanol–water partition coefficient (Wildman–Crippen LogP) is 19.3. The van der Waals surface area contributed by atoms with Gasteiger partial charge < -0.3 is 9.32 Å². The van der Waals surface area contributed by atoms with Crippen molar-refractivity contribution in [1.82, 2.24) is 0 Å². The van der Waals surface area contributed by atoms with Gasteiger partial charge in [-0.3, -0.25) is 0 Å². The Balaban J connectivity index is 0.989. The SMILES string of the molecule is CC1(C)c2ccccc2-c2ccc(N(c3ccc4c(c3)C3(c5ccccc5-c5ccccc53)c3ccccc3-4)c3cc4c(cc3-c3ccc(-c5cccc6ccccc56)cc3)oc3c5ccccc5ccc43)cc21. The van der Waals surface area contributed by atoms with Gasteiger partial charge in [-0.1, -0.05) is 220 Å². The Morgan fingerprint density at radius 3 is 1.43 bits per heavy atom. The molecular formula is C72H47NO. The molecule has 0 saturated carbocycles. The van der Waals surface area contributed by atoms with Crippen molar-refractivity contribution in [2.24, 2.45) is 0 Å². The lowest BCUT2D eigenvalue weighted by atomic mass is 9.70. The van der Waals surface area contributed by atoms with E-state index in [2.05, 4.69) is 267 Å². The van der Waals surface area contributed by atoms with Crippen LogP contribution in [-0.2, 0) is 10.8 Å². The van der Waals surface area contributed by atoms with Gasteiger partial charge in [-0.15, -0.1) is 0 Å². The van der Waals surface area contributed by atoms with E-state index in [0.717, 1.165) is 60.9 Å². The molecule has 2 nitrogen and oxygen atoms in total. The number of hydrogen-bond acceptors (Lipinski definition) is 2. The first kappa shape index (κ1) is 41.4. The van der Waals surface area contributed by atoms with Crippen LogP contribution in [0.15, 0.2) is 253 Å². The van der Waals surface area contributed by atoms with Crippen LogP contribution in [0.2, 0.25) is 0 Å². The molecule has 0 radical (unpaired) electrons. The maximum absolute atomic E-state index is 7.05. The summed E-state index contributed by atoms with van der Waals surface area (Å²) in [5.41, 5.74) is 24.7. The zero-order valence-corrected chi connectivity index (χ0v) is 41.0. The fraction of sp³-hybridized carbons (Fsp3) is 0.0556. The van der Waals surface area contributed by atoms with Crippen LogP contribution < -0.4 is 4.90 Å². The number of fused-ring (bicyclic) bond motifs is 19. The second kappa shape index (κ2) is 15.1. The summed E-state index contributed by atoms with van der Waals surface area (Å²) in [6, 6.07) is 93.0. The standard InChI is InChI=1S/C72H47NO/c1-71(2)62-26-11-7-21-53(62)57-38-35-48(40-66(57)71)73(49-36-39-58-56-24-10-14-29-65(56)72(67(58)41-49)63-27-12-8-22-54(63)55-23-9-13-28-64(55)72)68-42-61-59-37-34-45-17-4-6-20-52(45)70(59)74-69(61)43-60(68)47-32-30-46(31-33-47)51-25-15-18-44-16-3-5-19-50(44)51/h3-43H,1-2H3. The van der Waals surface area contributed by atoms with Gasteiger partial charge in [0, 0.05) is 38.5 Å². The molecule has 0 unspecified atom stereocenters. The van der Waals surface area contributed by atoms with Crippen molar-refractivity contribution >= 4 is 60.5 Å². The molecule has 1 aromatic heterocycles. The minimum Gasteiger partial charge on any atom is -0.455 e. The first-order chi connectivity index (χ1) is 36.4. The first-order valence-corrected chi connectivity index (χ1v) is 25.9. The lowest BCUT2D eigenvalue weighted by Crippen LogP contribution is -2.26. The highest BCUT2D eigenvalue weighted by Crippen LogP contribution is 2.64. The van der Waals surface area contributed by atoms with E-state index in [1.807, 2.05) is 0 Å². The Morgan fingerprint density at radius 2 is 0.784 bits per heavy atom. The van der Waals surface area contributed by atoms with Crippen molar-refractivity contribution in [3.05, 3.63) is 282 Å². The predicted molar refractivity (Wildman–Crippen MR) is 308 cm³/mol. The van der Waals surface area contributed by atoms with Crippen LogP contribution in [-0.4, -0.2) is 0 Å². The second-order valence-corrected chi connectivity index (χ2v) is 21.1. The summed E-state index contributed by atoms with van der Waals surface area (Å²) >= 11 is 0. The molecule has 0 atom stereocenters. The average molecular weight is 942 g/mol. The molecule has 1 spiro atoms. The Labute approximate surface area is 430 Å². The van der Waals surface area contributed by atoms with Gasteiger partial charge in [0.1, 0.15) is 11.2 Å². The molecule has 0 bridgehead atoms. The zero-order chi connectivity index (χ0) is 48.9. The van der Waals surface area contributed by atoms with E-state index in [-0.39, 0.29) is 5.41 Å². The molecule has 3 aliphatic rings. The molecule has 0 amide bonds. The molecule has 1 heterocycles. The summed E-state index contributed by atoms with van der Waals surface area (Å²) in [5, 5.41) is 6.94. The lowest BCUT2D eigenvalue weighted by Gasteiger charge is -2.33. The van der Waals surface area contributed by atoms with Crippen LogP contribution in [0.25, 0.3) is 99.1 Å². The molecular weight excluding hydrogens is 895 g/mol. The highest BCUT2D eigenvalue weighted by molar-refractivity contribution is 6.17. The van der Waals surface area contributed by atoms with Crippen molar-refractivity contribution in [2.45, 2.75) is 24.7 Å². The maximum Gasteiger partial charge on any atom is 0.143 e. The summed E-state index contributed by atoms with van der Waals surface area (Å²) in [4.78, 5) is 2.55. The Kier molecular flexibility index (Phi) is 8.47. The molecule has 16 rings (SSSR count). The van der Waals surface area contributed by atoms with Gasteiger partial charge in [0.15, 0.2) is 0 Å². The molecule has 0 N–H and O–H groups in total. The molecule has 12 aromatic carbocycles. The van der Waals surface area contributed by atoms with Crippen molar-refractivity contribution in [1.29, 1.82) is 0 Å². The summed E-state index contributed by atoms with van der Waals surface area (Å²) < 4.78 is 7.05.